The molecule has 0 bridgehead atoms. The van der Waals surface area contributed by atoms with Crippen LogP contribution in [0.3, 0.4) is 0 Å². The first-order valence-electron chi connectivity index (χ1n) is 8.14. The molecule has 1 atom stereocenters. The molecule has 0 saturated carbocycles. The molecule has 3 amide bonds. The van der Waals surface area contributed by atoms with Crippen LogP contribution in [0.1, 0.15) is 6.42 Å². The third kappa shape index (κ3) is 5.40. The number of nitrogens with zero attached hydrogens (tertiary/aromatic N) is 2. The van der Waals surface area contributed by atoms with Crippen LogP contribution in [0.5, 0.6) is 0 Å². The van der Waals surface area contributed by atoms with Crippen LogP contribution >= 0.6 is 0 Å². The summed E-state index contributed by atoms with van der Waals surface area (Å²) in [7, 11) is 3.14. The summed E-state index contributed by atoms with van der Waals surface area (Å²) in [6.07, 6.45) is 0.185. The number of hydrogen-bond donors (Lipinski definition) is 1. The van der Waals surface area contributed by atoms with E-state index in [-0.39, 0.29) is 24.4 Å². The predicted octanol–water partition coefficient (Wildman–Crippen LogP) is 1.24. The molecule has 1 aliphatic rings. The van der Waals surface area contributed by atoms with Crippen molar-refractivity contribution >= 4 is 17.6 Å². The molecule has 1 N–H and O–H groups in total. The molecule has 0 radical (unpaired) electrons. The van der Waals surface area contributed by atoms with E-state index in [1.54, 1.807) is 31.3 Å². The van der Waals surface area contributed by atoms with Gasteiger partial charge in [-0.1, -0.05) is 6.07 Å². The summed E-state index contributed by atoms with van der Waals surface area (Å²) in [5, 5.41) is 2.86. The summed E-state index contributed by atoms with van der Waals surface area (Å²) in [4.78, 5) is 27.7. The lowest BCUT2D eigenvalue weighted by atomic mass is 10.2. The SMILES string of the molecule is COCCN(CCOC)C(=O)NC1CC(=O)N(c2cccc(F)c2)C1. The van der Waals surface area contributed by atoms with Gasteiger partial charge >= 0.3 is 6.03 Å². The number of methoxy groups -OCH3 is 2. The normalized spacial score (nSPS) is 17.0. The van der Waals surface area contributed by atoms with E-state index in [4.69, 9.17) is 9.47 Å². The number of nitrogens with one attached hydrogen (secondary N) is 1. The number of benzene rings is 1. The van der Waals surface area contributed by atoms with Gasteiger partial charge in [0.2, 0.25) is 5.91 Å². The molecule has 1 aromatic rings. The van der Waals surface area contributed by atoms with Crippen LogP contribution in [0.25, 0.3) is 0 Å². The van der Waals surface area contributed by atoms with E-state index in [0.717, 1.165) is 0 Å². The van der Waals surface area contributed by atoms with E-state index in [2.05, 4.69) is 5.32 Å². The minimum atomic E-state index is -0.400. The molecule has 8 heteroatoms. The summed E-state index contributed by atoms with van der Waals surface area (Å²) in [5.74, 6) is -0.542. The first kappa shape index (κ1) is 19.1. The first-order chi connectivity index (χ1) is 12.0. The second-order valence-electron chi connectivity index (χ2n) is 5.81. The zero-order chi connectivity index (χ0) is 18.2. The highest BCUT2D eigenvalue weighted by atomic mass is 19.1. The van der Waals surface area contributed by atoms with Crippen molar-refractivity contribution in [3.8, 4) is 0 Å². The third-order valence-electron chi connectivity index (χ3n) is 3.99. The van der Waals surface area contributed by atoms with Gasteiger partial charge < -0.3 is 24.6 Å². The van der Waals surface area contributed by atoms with Crippen LogP contribution in [-0.2, 0) is 14.3 Å². The zero-order valence-corrected chi connectivity index (χ0v) is 14.5. The Morgan fingerprint density at radius 1 is 1.32 bits per heavy atom. The van der Waals surface area contributed by atoms with Crippen molar-refractivity contribution in [3.63, 3.8) is 0 Å². The molecule has 0 aromatic heterocycles. The van der Waals surface area contributed by atoms with Crippen LogP contribution in [0.2, 0.25) is 0 Å². The minimum absolute atomic E-state index is 0.142. The topological polar surface area (TPSA) is 71.1 Å². The van der Waals surface area contributed by atoms with Crippen molar-refractivity contribution in [3.05, 3.63) is 30.1 Å². The minimum Gasteiger partial charge on any atom is -0.383 e. The number of anilines is 1. The van der Waals surface area contributed by atoms with E-state index in [9.17, 15) is 14.0 Å². The zero-order valence-electron chi connectivity index (χ0n) is 14.5. The Morgan fingerprint density at radius 3 is 2.60 bits per heavy atom. The number of urea groups is 1. The van der Waals surface area contributed by atoms with Gasteiger partial charge in [0.15, 0.2) is 0 Å². The summed E-state index contributed by atoms with van der Waals surface area (Å²) < 4.78 is 23.4. The molecule has 25 heavy (non-hydrogen) atoms. The molecule has 1 saturated heterocycles. The molecule has 1 fully saturated rings. The second kappa shape index (κ2) is 9.33. The third-order valence-corrected chi connectivity index (χ3v) is 3.99. The van der Waals surface area contributed by atoms with Crippen molar-refractivity contribution in [2.75, 3.05) is 52.0 Å². The largest absolute Gasteiger partial charge is 0.383 e. The fourth-order valence-electron chi connectivity index (χ4n) is 2.68. The molecular formula is C17H24FN3O4. The maximum absolute atomic E-state index is 13.4. The van der Waals surface area contributed by atoms with Crippen LogP contribution in [0, 0.1) is 5.82 Å². The number of rotatable bonds is 8. The lowest BCUT2D eigenvalue weighted by Gasteiger charge is -2.24. The van der Waals surface area contributed by atoms with Gasteiger partial charge in [-0.2, -0.15) is 0 Å². The summed E-state index contributed by atoms with van der Waals surface area (Å²) in [6.45, 7) is 2.00. The van der Waals surface area contributed by atoms with Crippen LogP contribution in [0.15, 0.2) is 24.3 Å². The maximum atomic E-state index is 13.4. The van der Waals surface area contributed by atoms with Crippen LogP contribution < -0.4 is 10.2 Å². The smallest absolute Gasteiger partial charge is 0.317 e. The van der Waals surface area contributed by atoms with Gasteiger partial charge in [0.05, 0.1) is 19.3 Å². The number of carbonyl (C=O) groups excluding carboxylic acids is 2. The number of hydrogen-bond acceptors (Lipinski definition) is 4. The van der Waals surface area contributed by atoms with Crippen molar-refractivity contribution < 1.29 is 23.5 Å². The molecule has 138 valence electrons. The van der Waals surface area contributed by atoms with E-state index in [1.807, 2.05) is 0 Å². The van der Waals surface area contributed by atoms with Gasteiger partial charge in [-0.3, -0.25) is 4.79 Å². The van der Waals surface area contributed by atoms with Gasteiger partial charge in [0.1, 0.15) is 5.82 Å². The Kier molecular flexibility index (Phi) is 7.15. The molecule has 1 aromatic carbocycles. The van der Waals surface area contributed by atoms with E-state index in [1.165, 1.54) is 17.0 Å². The lowest BCUT2D eigenvalue weighted by Crippen LogP contribution is -2.47. The first-order valence-corrected chi connectivity index (χ1v) is 8.14. The Labute approximate surface area is 146 Å². The Hall–Kier alpha value is -2.19. The molecule has 0 spiro atoms. The van der Waals surface area contributed by atoms with Crippen molar-refractivity contribution in [1.29, 1.82) is 0 Å². The Bertz CT molecular complexity index is 591. The van der Waals surface area contributed by atoms with Crippen molar-refractivity contribution in [2.24, 2.45) is 0 Å². The number of halogens is 1. The summed E-state index contributed by atoms with van der Waals surface area (Å²) >= 11 is 0. The number of carbonyl (C=O) groups is 2. The fraction of sp³-hybridized carbons (Fsp3) is 0.529. The standard InChI is InChI=1S/C17H24FN3O4/c1-24-8-6-20(7-9-25-2)17(23)19-14-11-16(22)21(12-14)15-5-3-4-13(18)10-15/h3-5,10,14H,6-9,11-12H2,1-2H3,(H,19,23). The molecule has 1 unspecified atom stereocenters. The number of ether oxygens (including phenoxy) is 2. The van der Waals surface area contributed by atoms with Gasteiger partial charge in [-0.25, -0.2) is 9.18 Å². The fourth-order valence-corrected chi connectivity index (χ4v) is 2.68. The number of amides is 3. The molecule has 0 aliphatic carbocycles. The second-order valence-corrected chi connectivity index (χ2v) is 5.81. The van der Waals surface area contributed by atoms with E-state index >= 15 is 0 Å². The van der Waals surface area contributed by atoms with Gasteiger partial charge in [0, 0.05) is 46.0 Å². The summed E-state index contributed by atoms with van der Waals surface area (Å²) in [6, 6.07) is 5.28. The Balaban J connectivity index is 1.95. The lowest BCUT2D eigenvalue weighted by molar-refractivity contribution is -0.117. The van der Waals surface area contributed by atoms with Crippen LogP contribution in [0.4, 0.5) is 14.9 Å². The highest BCUT2D eigenvalue weighted by Crippen LogP contribution is 2.22. The molecular weight excluding hydrogens is 329 g/mol. The highest BCUT2D eigenvalue weighted by molar-refractivity contribution is 5.96. The molecule has 1 heterocycles. The highest BCUT2D eigenvalue weighted by Gasteiger charge is 2.32. The van der Waals surface area contributed by atoms with Crippen molar-refractivity contribution in [1.82, 2.24) is 10.2 Å². The average Bonchev–Trinajstić information content (AvgIpc) is 2.95. The average molecular weight is 353 g/mol. The molecule has 7 nitrogen and oxygen atoms in total. The van der Waals surface area contributed by atoms with Crippen LogP contribution in [-0.4, -0.2) is 69.9 Å². The van der Waals surface area contributed by atoms with Gasteiger partial charge in [0.25, 0.3) is 0 Å². The molecule has 2 rings (SSSR count). The monoisotopic (exact) mass is 353 g/mol. The molecule has 1 aliphatic heterocycles. The van der Waals surface area contributed by atoms with E-state index in [0.29, 0.717) is 38.5 Å². The predicted molar refractivity (Wildman–Crippen MR) is 91.0 cm³/mol. The van der Waals surface area contributed by atoms with E-state index < -0.39 is 5.82 Å². The van der Waals surface area contributed by atoms with Gasteiger partial charge in [-0.15, -0.1) is 0 Å². The summed E-state index contributed by atoms with van der Waals surface area (Å²) in [5.41, 5.74) is 0.498. The maximum Gasteiger partial charge on any atom is 0.317 e. The van der Waals surface area contributed by atoms with Gasteiger partial charge in [-0.05, 0) is 18.2 Å². The van der Waals surface area contributed by atoms with Crippen molar-refractivity contribution in [2.45, 2.75) is 12.5 Å². The Morgan fingerprint density at radius 2 is 2.00 bits per heavy atom. The quantitative estimate of drug-likeness (QED) is 0.763.